The van der Waals surface area contributed by atoms with Gasteiger partial charge in [0, 0.05) is 5.56 Å². The summed E-state index contributed by atoms with van der Waals surface area (Å²) < 4.78 is 40.8. The molecule has 3 nitrogen and oxygen atoms in total. The molecule has 1 aromatic carbocycles. The Labute approximate surface area is 96.4 Å². The van der Waals surface area contributed by atoms with Gasteiger partial charge in [0.05, 0.1) is 4.92 Å². The molecule has 0 saturated carbocycles. The van der Waals surface area contributed by atoms with Gasteiger partial charge in [-0.15, -0.1) is 0 Å². The number of halogens is 3. The SMILES string of the molecule is Cc1c(F)c([N+](=O)[O-])c(F)c(F)c1C(C)(C)C. The number of nitro benzene ring substituents is 1. The van der Waals surface area contributed by atoms with E-state index in [2.05, 4.69) is 0 Å². The quantitative estimate of drug-likeness (QED) is 0.432. The molecule has 0 bridgehead atoms. The maximum Gasteiger partial charge on any atom is 0.343 e. The molecule has 0 radical (unpaired) electrons. The second-order valence-corrected chi connectivity index (χ2v) is 4.80. The van der Waals surface area contributed by atoms with Crippen LogP contribution in [0, 0.1) is 34.5 Å². The summed E-state index contributed by atoms with van der Waals surface area (Å²) in [7, 11) is 0. The van der Waals surface area contributed by atoms with Crippen molar-refractivity contribution >= 4 is 5.69 Å². The Morgan fingerprint density at radius 3 is 1.88 bits per heavy atom. The van der Waals surface area contributed by atoms with Gasteiger partial charge in [0.15, 0.2) is 5.82 Å². The molecular formula is C11H12F3NO2. The van der Waals surface area contributed by atoms with Gasteiger partial charge in [-0.1, -0.05) is 20.8 Å². The minimum atomic E-state index is -1.75. The third-order valence-corrected chi connectivity index (χ3v) is 2.46. The van der Waals surface area contributed by atoms with Crippen molar-refractivity contribution in [2.45, 2.75) is 33.1 Å². The molecule has 0 heterocycles. The van der Waals surface area contributed by atoms with Crippen molar-refractivity contribution in [3.63, 3.8) is 0 Å². The highest BCUT2D eigenvalue weighted by molar-refractivity contribution is 5.46. The average molecular weight is 247 g/mol. The summed E-state index contributed by atoms with van der Waals surface area (Å²) in [6.45, 7) is 5.92. The van der Waals surface area contributed by atoms with Crippen LogP contribution in [0.15, 0.2) is 0 Å². The Morgan fingerprint density at radius 2 is 1.53 bits per heavy atom. The van der Waals surface area contributed by atoms with Crippen molar-refractivity contribution in [1.82, 2.24) is 0 Å². The van der Waals surface area contributed by atoms with Crippen molar-refractivity contribution in [2.75, 3.05) is 0 Å². The molecule has 0 N–H and O–H groups in total. The molecule has 1 rings (SSSR count). The minimum Gasteiger partial charge on any atom is -0.258 e. The summed E-state index contributed by atoms with van der Waals surface area (Å²) in [6, 6.07) is 0. The van der Waals surface area contributed by atoms with Crippen LogP contribution >= 0.6 is 0 Å². The van der Waals surface area contributed by atoms with Gasteiger partial charge in [-0.05, 0) is 17.9 Å². The molecule has 94 valence electrons. The van der Waals surface area contributed by atoms with Crippen molar-refractivity contribution < 1.29 is 18.1 Å². The summed E-state index contributed by atoms with van der Waals surface area (Å²) in [6.07, 6.45) is 0. The fourth-order valence-corrected chi connectivity index (χ4v) is 1.81. The van der Waals surface area contributed by atoms with Gasteiger partial charge in [-0.2, -0.15) is 8.78 Å². The normalized spacial score (nSPS) is 11.7. The maximum absolute atomic E-state index is 13.7. The van der Waals surface area contributed by atoms with Gasteiger partial charge in [0.2, 0.25) is 11.6 Å². The zero-order valence-electron chi connectivity index (χ0n) is 9.90. The van der Waals surface area contributed by atoms with Crippen LogP contribution in [0.3, 0.4) is 0 Å². The summed E-state index contributed by atoms with van der Waals surface area (Å²) in [5.41, 5.74) is -2.69. The van der Waals surface area contributed by atoms with E-state index in [1.165, 1.54) is 6.92 Å². The molecule has 0 aliphatic heterocycles. The molecule has 6 heteroatoms. The summed E-state index contributed by atoms with van der Waals surface area (Å²) in [5.74, 6) is -4.43. The van der Waals surface area contributed by atoms with Crippen LogP contribution in [-0.4, -0.2) is 4.92 Å². The van der Waals surface area contributed by atoms with Gasteiger partial charge >= 0.3 is 5.69 Å². The standard InChI is InChI=1S/C11H12F3NO2/c1-5-6(11(2,3)4)8(13)9(14)10(7(5)12)15(16)17/h1-4H3. The molecule has 0 amide bonds. The van der Waals surface area contributed by atoms with E-state index in [9.17, 15) is 23.3 Å². The van der Waals surface area contributed by atoms with Gasteiger partial charge in [0.25, 0.3) is 0 Å². The molecule has 0 spiro atoms. The van der Waals surface area contributed by atoms with Crippen LogP contribution in [0.1, 0.15) is 31.9 Å². The minimum absolute atomic E-state index is 0.182. The first-order valence-corrected chi connectivity index (χ1v) is 4.91. The fraction of sp³-hybridized carbons (Fsp3) is 0.455. The number of hydrogen-bond donors (Lipinski definition) is 0. The summed E-state index contributed by atoms with van der Waals surface area (Å²) >= 11 is 0. The van der Waals surface area contributed by atoms with E-state index < -0.39 is 33.5 Å². The fourth-order valence-electron chi connectivity index (χ4n) is 1.81. The van der Waals surface area contributed by atoms with Crippen LogP contribution in [0.25, 0.3) is 0 Å². The van der Waals surface area contributed by atoms with E-state index in [0.29, 0.717) is 0 Å². The Morgan fingerprint density at radius 1 is 1.06 bits per heavy atom. The molecule has 0 aliphatic rings. The molecule has 0 aliphatic carbocycles. The molecule has 0 unspecified atom stereocenters. The molecule has 0 atom stereocenters. The highest BCUT2D eigenvalue weighted by Gasteiger charge is 2.34. The van der Waals surface area contributed by atoms with Gasteiger partial charge in [0.1, 0.15) is 0 Å². The maximum atomic E-state index is 13.7. The number of nitro groups is 1. The number of benzene rings is 1. The van der Waals surface area contributed by atoms with Crippen molar-refractivity contribution in [3.05, 3.63) is 38.7 Å². The zero-order valence-corrected chi connectivity index (χ0v) is 9.90. The third-order valence-electron chi connectivity index (χ3n) is 2.46. The number of nitrogens with zero attached hydrogens (tertiary/aromatic N) is 1. The predicted molar refractivity (Wildman–Crippen MR) is 56.4 cm³/mol. The molecule has 1 aromatic rings. The lowest BCUT2D eigenvalue weighted by Crippen LogP contribution is -2.19. The van der Waals surface area contributed by atoms with Crippen molar-refractivity contribution in [1.29, 1.82) is 0 Å². The van der Waals surface area contributed by atoms with Crippen LogP contribution in [0.4, 0.5) is 18.9 Å². The van der Waals surface area contributed by atoms with Gasteiger partial charge in [-0.3, -0.25) is 10.1 Å². The third kappa shape index (κ3) is 2.11. The van der Waals surface area contributed by atoms with E-state index in [-0.39, 0.29) is 11.1 Å². The lowest BCUT2D eigenvalue weighted by atomic mass is 9.83. The second-order valence-electron chi connectivity index (χ2n) is 4.80. The zero-order chi connectivity index (χ0) is 13.5. The number of hydrogen-bond acceptors (Lipinski definition) is 2. The first-order valence-electron chi connectivity index (χ1n) is 4.91. The lowest BCUT2D eigenvalue weighted by Gasteiger charge is -2.22. The highest BCUT2D eigenvalue weighted by atomic mass is 19.2. The van der Waals surface area contributed by atoms with Crippen LogP contribution in [0.2, 0.25) is 0 Å². The number of rotatable bonds is 1. The molecule has 0 saturated heterocycles. The highest BCUT2D eigenvalue weighted by Crippen LogP contribution is 2.36. The van der Waals surface area contributed by atoms with Gasteiger partial charge < -0.3 is 0 Å². The van der Waals surface area contributed by atoms with E-state index >= 15 is 0 Å². The molecule has 17 heavy (non-hydrogen) atoms. The van der Waals surface area contributed by atoms with E-state index in [0.717, 1.165) is 0 Å². The van der Waals surface area contributed by atoms with Crippen molar-refractivity contribution in [3.8, 4) is 0 Å². The van der Waals surface area contributed by atoms with E-state index in [4.69, 9.17) is 0 Å². The van der Waals surface area contributed by atoms with Gasteiger partial charge in [-0.25, -0.2) is 4.39 Å². The Kier molecular flexibility index (Phi) is 3.18. The van der Waals surface area contributed by atoms with Crippen LogP contribution < -0.4 is 0 Å². The topological polar surface area (TPSA) is 43.1 Å². The Bertz CT molecular complexity index is 463. The first kappa shape index (κ1) is 13.5. The Balaban J connectivity index is 3.77. The summed E-state index contributed by atoms with van der Waals surface area (Å²) in [5, 5.41) is 10.5. The van der Waals surface area contributed by atoms with Crippen molar-refractivity contribution in [2.24, 2.45) is 0 Å². The molecular weight excluding hydrogens is 235 g/mol. The second kappa shape index (κ2) is 4.01. The van der Waals surface area contributed by atoms with Crippen LogP contribution in [-0.2, 0) is 5.41 Å². The van der Waals surface area contributed by atoms with E-state index in [1.807, 2.05) is 0 Å². The smallest absolute Gasteiger partial charge is 0.258 e. The first-order chi connectivity index (χ1) is 7.59. The predicted octanol–water partition coefficient (Wildman–Crippen LogP) is 3.62. The Hall–Kier alpha value is -1.59. The monoisotopic (exact) mass is 247 g/mol. The van der Waals surface area contributed by atoms with E-state index in [1.54, 1.807) is 20.8 Å². The average Bonchev–Trinajstić information content (AvgIpc) is 2.12. The molecule has 0 aromatic heterocycles. The largest absolute Gasteiger partial charge is 0.343 e. The summed E-state index contributed by atoms with van der Waals surface area (Å²) in [4.78, 5) is 9.21. The lowest BCUT2D eigenvalue weighted by molar-refractivity contribution is -0.390. The molecule has 0 fully saturated rings. The van der Waals surface area contributed by atoms with Crippen LogP contribution in [0.5, 0.6) is 0 Å².